The van der Waals surface area contributed by atoms with Crippen molar-refractivity contribution in [3.8, 4) is 0 Å². The van der Waals surface area contributed by atoms with E-state index in [0.29, 0.717) is 0 Å². The Hall–Kier alpha value is -0.370. The third kappa shape index (κ3) is 3.52. The van der Waals surface area contributed by atoms with Gasteiger partial charge in [0.2, 0.25) is 0 Å². The quantitative estimate of drug-likeness (QED) is 0.540. The van der Waals surface area contributed by atoms with Crippen LogP contribution in [0.1, 0.15) is 0 Å². The molecule has 0 aliphatic carbocycles. The Balaban J connectivity index is 5.91. The van der Waals surface area contributed by atoms with E-state index in [4.69, 9.17) is 0 Å². The van der Waals surface area contributed by atoms with Crippen molar-refractivity contribution in [3.63, 3.8) is 0 Å². The largest absolute Gasteiger partial charge is 0.469 e. The Bertz CT molecular complexity index is 544. The van der Waals surface area contributed by atoms with Crippen LogP contribution in [0.25, 0.3) is 0 Å². The Morgan fingerprint density at radius 3 is 0.857 bits per heavy atom. The maximum Gasteiger partial charge on any atom is 0.469 e. The van der Waals surface area contributed by atoms with Crippen molar-refractivity contribution in [1.82, 2.24) is 0 Å². The second kappa shape index (κ2) is 5.08. The van der Waals surface area contributed by atoms with E-state index in [0.717, 1.165) is 0 Å². The van der Waals surface area contributed by atoms with Crippen molar-refractivity contribution in [2.75, 3.05) is 0 Å². The Labute approximate surface area is 110 Å². The summed E-state index contributed by atoms with van der Waals surface area (Å²) < 4.78 is 162. The summed E-state index contributed by atoms with van der Waals surface area (Å²) in [5, 5.41) is -13.6. The molecule has 0 saturated heterocycles. The number of hydrogen-bond acceptors (Lipinski definition) is 4. The fourth-order valence-electron chi connectivity index (χ4n) is 0.554. The molecule has 0 radical (unpaired) electrons. The summed E-state index contributed by atoms with van der Waals surface area (Å²) in [4.78, 5) is 0. The molecule has 0 amide bonds. The smallest absolute Gasteiger partial charge is 0.217 e. The summed E-state index contributed by atoms with van der Waals surface area (Å²) in [6.07, 6.45) is -13.8. The van der Waals surface area contributed by atoms with Gasteiger partial charge in [0, 0.05) is 0 Å². The molecule has 128 valence electrons. The predicted octanol–water partition coefficient (Wildman–Crippen LogP) is 2.63. The number of rotatable bonds is 4. The molecular formula is C4HF10O4PS2. The molecule has 0 aromatic heterocycles. The van der Waals surface area contributed by atoms with Crippen LogP contribution in [0, 0.1) is 0 Å². The van der Waals surface area contributed by atoms with E-state index in [-0.39, 0.29) is 0 Å². The minimum atomic E-state index is -7.22. The predicted molar refractivity (Wildman–Crippen MR) is 48.2 cm³/mol. The third-order valence-corrected chi connectivity index (χ3v) is 10.6. The fourth-order valence-corrected chi connectivity index (χ4v) is 8.33. The average Bonchev–Trinajstić information content (AvgIpc) is 2.11. The molecule has 0 aliphatic heterocycles. The van der Waals surface area contributed by atoms with Crippen molar-refractivity contribution < 1.29 is 60.7 Å². The summed E-state index contributed by atoms with van der Waals surface area (Å²) >= 11 is 0. The monoisotopic (exact) mass is 398 g/mol. The molecule has 0 unspecified atom stereocenters. The first kappa shape index (κ1) is 20.6. The highest BCUT2D eigenvalue weighted by Crippen LogP contribution is 2.54. The highest BCUT2D eigenvalue weighted by atomic mass is 33.1. The van der Waals surface area contributed by atoms with Crippen molar-refractivity contribution >= 4 is 25.9 Å². The lowest BCUT2D eigenvalue weighted by Crippen LogP contribution is -2.45. The molecule has 0 heterocycles. The third-order valence-electron chi connectivity index (χ3n) is 1.55. The first-order chi connectivity index (χ1) is 8.71. The zero-order chi connectivity index (χ0) is 17.7. The molecular weight excluding hydrogens is 397 g/mol. The lowest BCUT2D eigenvalue weighted by molar-refractivity contribution is -0.240. The van der Waals surface area contributed by atoms with E-state index in [9.17, 15) is 60.7 Å². The van der Waals surface area contributed by atoms with Gasteiger partial charge in [0.1, 0.15) is 6.98 Å². The SMILES string of the molecule is O=S(=O)(PS(=O)(=O)C(F)(F)C(F)(F)F)C(F)(F)C(F)(F)F. The molecule has 0 aromatic carbocycles. The van der Waals surface area contributed by atoms with Crippen molar-refractivity contribution in [2.45, 2.75) is 22.9 Å². The van der Waals surface area contributed by atoms with Crippen molar-refractivity contribution in [1.29, 1.82) is 0 Å². The topological polar surface area (TPSA) is 68.3 Å². The van der Waals surface area contributed by atoms with E-state index in [2.05, 4.69) is 0 Å². The van der Waals surface area contributed by atoms with Crippen LogP contribution >= 0.6 is 6.98 Å². The van der Waals surface area contributed by atoms with E-state index in [1.807, 2.05) is 0 Å². The molecule has 0 atom stereocenters. The van der Waals surface area contributed by atoms with Gasteiger partial charge in [-0.15, -0.1) is 0 Å². The van der Waals surface area contributed by atoms with Crippen LogP contribution in [-0.4, -0.2) is 39.7 Å². The van der Waals surface area contributed by atoms with Crippen LogP contribution in [0.5, 0.6) is 0 Å². The van der Waals surface area contributed by atoms with E-state index < -0.39 is 48.8 Å². The number of hydrogen-bond donors (Lipinski definition) is 0. The Morgan fingerprint density at radius 1 is 0.524 bits per heavy atom. The van der Waals surface area contributed by atoms with Crippen molar-refractivity contribution in [3.05, 3.63) is 0 Å². The van der Waals surface area contributed by atoms with Crippen LogP contribution in [0.15, 0.2) is 0 Å². The lowest BCUT2D eigenvalue weighted by Gasteiger charge is -2.22. The van der Waals surface area contributed by atoms with Crippen LogP contribution in [0.3, 0.4) is 0 Å². The molecule has 17 heteroatoms. The maximum absolute atomic E-state index is 12.4. The summed E-state index contributed by atoms with van der Waals surface area (Å²) in [5.74, 6) is 0. The van der Waals surface area contributed by atoms with Gasteiger partial charge in [-0.25, -0.2) is 16.8 Å². The summed E-state index contributed by atoms with van der Waals surface area (Å²) in [5.41, 5.74) is 0. The first-order valence-electron chi connectivity index (χ1n) is 3.87. The second-order valence-corrected chi connectivity index (χ2v) is 11.5. The minimum Gasteiger partial charge on any atom is -0.217 e. The van der Waals surface area contributed by atoms with Gasteiger partial charge in [-0.3, -0.25) is 0 Å². The standard InChI is InChI=1S/C4HF10O4PS2/c5-1(6,7)3(11,12)20(15,16)19-21(17,18)4(13,14)2(8,9)10/h19H. The molecule has 0 aliphatic rings. The molecule has 0 bridgehead atoms. The molecule has 21 heavy (non-hydrogen) atoms. The van der Waals surface area contributed by atoms with E-state index in [1.165, 1.54) is 0 Å². The van der Waals surface area contributed by atoms with E-state index >= 15 is 0 Å². The second-order valence-electron chi connectivity index (χ2n) is 3.12. The zero-order valence-corrected chi connectivity index (χ0v) is 11.4. The van der Waals surface area contributed by atoms with Crippen LogP contribution in [-0.2, 0) is 18.9 Å². The summed E-state index contributed by atoms with van der Waals surface area (Å²) in [7, 11) is -14.4. The fraction of sp³-hybridized carbons (Fsp3) is 1.00. The highest BCUT2D eigenvalue weighted by Gasteiger charge is 2.73. The molecule has 0 fully saturated rings. The van der Waals surface area contributed by atoms with Crippen LogP contribution < -0.4 is 0 Å². The maximum atomic E-state index is 12.4. The Kier molecular flexibility index (Phi) is 4.99. The zero-order valence-electron chi connectivity index (χ0n) is 8.73. The lowest BCUT2D eigenvalue weighted by atomic mass is 10.7. The van der Waals surface area contributed by atoms with E-state index in [1.54, 1.807) is 0 Å². The number of alkyl halides is 10. The molecule has 0 aromatic rings. The molecule has 4 nitrogen and oxygen atoms in total. The Morgan fingerprint density at radius 2 is 0.714 bits per heavy atom. The minimum absolute atomic E-state index is 4.06. The van der Waals surface area contributed by atoms with Gasteiger partial charge in [0.25, 0.3) is 18.9 Å². The summed E-state index contributed by atoms with van der Waals surface area (Å²) in [6, 6.07) is 0. The molecule has 0 N–H and O–H groups in total. The highest BCUT2D eigenvalue weighted by molar-refractivity contribution is 8.76. The van der Waals surface area contributed by atoms with Gasteiger partial charge in [0.05, 0.1) is 0 Å². The average molecular weight is 398 g/mol. The molecule has 0 saturated carbocycles. The van der Waals surface area contributed by atoms with Crippen molar-refractivity contribution in [2.24, 2.45) is 0 Å². The van der Waals surface area contributed by atoms with Crippen LogP contribution in [0.2, 0.25) is 0 Å². The van der Waals surface area contributed by atoms with Crippen LogP contribution in [0.4, 0.5) is 43.9 Å². The van der Waals surface area contributed by atoms with Gasteiger partial charge in [0.15, 0.2) is 0 Å². The summed E-state index contributed by atoms with van der Waals surface area (Å²) in [6.45, 7) is -4.06. The molecule has 0 spiro atoms. The number of halogens is 10. The normalized spacial score (nSPS) is 16.1. The van der Waals surface area contributed by atoms with Gasteiger partial charge in [-0.1, -0.05) is 0 Å². The molecule has 0 rings (SSSR count). The van der Waals surface area contributed by atoms with Gasteiger partial charge < -0.3 is 0 Å². The van der Waals surface area contributed by atoms with Gasteiger partial charge >= 0.3 is 22.9 Å². The first-order valence-corrected chi connectivity index (χ1v) is 9.29. The van der Waals surface area contributed by atoms with Gasteiger partial charge in [-0.2, -0.15) is 43.9 Å². The van der Waals surface area contributed by atoms with Gasteiger partial charge in [-0.05, 0) is 0 Å².